The molecule has 1 saturated heterocycles. The van der Waals surface area contributed by atoms with Crippen LogP contribution in [0.25, 0.3) is 0 Å². The Balaban J connectivity index is 1.51. The fourth-order valence-corrected chi connectivity index (χ4v) is 4.02. The molecule has 2 aliphatic heterocycles. The van der Waals surface area contributed by atoms with Crippen molar-refractivity contribution >= 4 is 40.4 Å². The van der Waals surface area contributed by atoms with Gasteiger partial charge in [-0.1, -0.05) is 25.1 Å². The number of nitrogens with one attached hydrogen (secondary N) is 1. The van der Waals surface area contributed by atoms with Crippen LogP contribution in [0.5, 0.6) is 0 Å². The summed E-state index contributed by atoms with van der Waals surface area (Å²) < 4.78 is 5.15. The lowest BCUT2D eigenvalue weighted by Gasteiger charge is -2.19. The number of aliphatic imine (C=N–C) groups is 1. The van der Waals surface area contributed by atoms with Gasteiger partial charge in [-0.15, -0.1) is 0 Å². The molecular formula is C19H23N3O4S. The number of hydrogen-bond donors (Lipinski definition) is 1. The van der Waals surface area contributed by atoms with E-state index in [-0.39, 0.29) is 24.2 Å². The zero-order valence-corrected chi connectivity index (χ0v) is 16.1. The average molecular weight is 389 g/mol. The first kappa shape index (κ1) is 19.4. The number of thioether (sulfide) groups is 1. The number of ether oxygens (including phenoxy) is 1. The van der Waals surface area contributed by atoms with Gasteiger partial charge in [-0.05, 0) is 37.1 Å². The molecule has 3 rings (SSSR count). The number of carbonyl (C=O) groups excluding carboxylic acids is 3. The number of amides is 2. The Morgan fingerprint density at radius 1 is 1.33 bits per heavy atom. The molecule has 2 amide bonds. The van der Waals surface area contributed by atoms with Crippen LogP contribution in [0, 0.1) is 0 Å². The first-order chi connectivity index (χ1) is 13.1. The fourth-order valence-electron chi connectivity index (χ4n) is 2.83. The number of carbonyl (C=O) groups is 3. The zero-order valence-electron chi connectivity index (χ0n) is 15.3. The van der Waals surface area contributed by atoms with Crippen molar-refractivity contribution in [1.29, 1.82) is 0 Å². The SMILES string of the molecule is CCCCOC(=O)c1ccc(NC(=O)C[C@H]2SC3=NCCCN3C2=O)cc1. The second-order valence-electron chi connectivity index (χ2n) is 6.43. The molecular weight excluding hydrogens is 366 g/mol. The third kappa shape index (κ3) is 4.88. The molecule has 2 aliphatic rings. The summed E-state index contributed by atoms with van der Waals surface area (Å²) in [4.78, 5) is 42.5. The Kier molecular flexibility index (Phi) is 6.49. The summed E-state index contributed by atoms with van der Waals surface area (Å²) in [6, 6.07) is 6.55. The number of amidine groups is 1. The second-order valence-corrected chi connectivity index (χ2v) is 7.60. The van der Waals surface area contributed by atoms with E-state index in [1.165, 1.54) is 11.8 Å². The lowest BCUT2D eigenvalue weighted by atomic mass is 10.2. The standard InChI is InChI=1S/C19H23N3O4S/c1-2-3-11-26-18(25)13-5-7-14(8-6-13)21-16(23)12-15-17(24)22-10-4-9-20-19(22)27-15/h5-8,15H,2-4,9-12H2,1H3,(H,21,23)/t15-/m1/s1. The first-order valence-electron chi connectivity index (χ1n) is 9.18. The van der Waals surface area contributed by atoms with Gasteiger partial charge in [0.2, 0.25) is 11.8 Å². The Morgan fingerprint density at radius 2 is 2.11 bits per heavy atom. The smallest absolute Gasteiger partial charge is 0.338 e. The van der Waals surface area contributed by atoms with Crippen LogP contribution < -0.4 is 5.32 Å². The molecule has 0 aliphatic carbocycles. The minimum atomic E-state index is -0.422. The maximum atomic E-state index is 12.3. The van der Waals surface area contributed by atoms with Gasteiger partial charge in [0.15, 0.2) is 5.17 Å². The highest BCUT2D eigenvalue weighted by atomic mass is 32.2. The van der Waals surface area contributed by atoms with Gasteiger partial charge in [0.05, 0.1) is 12.2 Å². The van der Waals surface area contributed by atoms with E-state index in [0.29, 0.717) is 24.4 Å². The summed E-state index contributed by atoms with van der Waals surface area (Å²) >= 11 is 1.36. The van der Waals surface area contributed by atoms with E-state index in [2.05, 4.69) is 10.3 Å². The molecule has 0 bridgehead atoms. The lowest BCUT2D eigenvalue weighted by Crippen LogP contribution is -2.36. The number of esters is 1. The monoisotopic (exact) mass is 389 g/mol. The molecule has 0 spiro atoms. The minimum absolute atomic E-state index is 0.0428. The highest BCUT2D eigenvalue weighted by Gasteiger charge is 2.39. The lowest BCUT2D eigenvalue weighted by molar-refractivity contribution is -0.128. The molecule has 1 atom stereocenters. The number of anilines is 1. The summed E-state index contributed by atoms with van der Waals surface area (Å²) in [5.74, 6) is -0.648. The molecule has 144 valence electrons. The van der Waals surface area contributed by atoms with Crippen molar-refractivity contribution < 1.29 is 19.1 Å². The van der Waals surface area contributed by atoms with Crippen LogP contribution in [0.2, 0.25) is 0 Å². The third-order valence-corrected chi connectivity index (χ3v) is 5.53. The van der Waals surface area contributed by atoms with Crippen LogP contribution in [-0.4, -0.2) is 52.8 Å². The molecule has 0 unspecified atom stereocenters. The van der Waals surface area contributed by atoms with Gasteiger partial charge in [-0.25, -0.2) is 4.79 Å². The Hall–Kier alpha value is -2.35. The maximum absolute atomic E-state index is 12.3. The van der Waals surface area contributed by atoms with Crippen LogP contribution in [-0.2, 0) is 14.3 Å². The van der Waals surface area contributed by atoms with Gasteiger partial charge < -0.3 is 10.1 Å². The van der Waals surface area contributed by atoms with E-state index in [0.717, 1.165) is 31.0 Å². The van der Waals surface area contributed by atoms with Gasteiger partial charge in [-0.2, -0.15) is 0 Å². The van der Waals surface area contributed by atoms with Crippen LogP contribution >= 0.6 is 11.8 Å². The molecule has 1 aromatic rings. The number of rotatable bonds is 7. The van der Waals surface area contributed by atoms with E-state index in [4.69, 9.17) is 4.74 Å². The van der Waals surface area contributed by atoms with E-state index < -0.39 is 5.25 Å². The van der Waals surface area contributed by atoms with E-state index in [1.807, 2.05) is 6.92 Å². The number of benzene rings is 1. The summed E-state index contributed by atoms with van der Waals surface area (Å²) in [5.41, 5.74) is 1.02. The van der Waals surface area contributed by atoms with Crippen molar-refractivity contribution in [2.45, 2.75) is 37.9 Å². The van der Waals surface area contributed by atoms with Crippen molar-refractivity contribution in [2.75, 3.05) is 25.0 Å². The van der Waals surface area contributed by atoms with Crippen molar-refractivity contribution in [3.05, 3.63) is 29.8 Å². The zero-order chi connectivity index (χ0) is 19.2. The average Bonchev–Trinajstić information content (AvgIpc) is 2.98. The first-order valence-corrected chi connectivity index (χ1v) is 10.1. The number of unbranched alkanes of at least 4 members (excludes halogenated alkanes) is 1. The topological polar surface area (TPSA) is 88.1 Å². The van der Waals surface area contributed by atoms with Gasteiger partial charge in [-0.3, -0.25) is 19.5 Å². The molecule has 2 heterocycles. The molecule has 1 aromatic carbocycles. The van der Waals surface area contributed by atoms with Gasteiger partial charge >= 0.3 is 5.97 Å². The summed E-state index contributed by atoms with van der Waals surface area (Å²) in [7, 11) is 0. The Bertz CT molecular complexity index is 748. The third-order valence-electron chi connectivity index (χ3n) is 4.31. The Morgan fingerprint density at radius 3 is 2.81 bits per heavy atom. The van der Waals surface area contributed by atoms with E-state index in [1.54, 1.807) is 29.2 Å². The van der Waals surface area contributed by atoms with Crippen LogP contribution in [0.4, 0.5) is 5.69 Å². The largest absolute Gasteiger partial charge is 0.462 e. The van der Waals surface area contributed by atoms with Crippen molar-refractivity contribution in [1.82, 2.24) is 4.90 Å². The van der Waals surface area contributed by atoms with E-state index in [9.17, 15) is 14.4 Å². The van der Waals surface area contributed by atoms with Gasteiger partial charge in [0.1, 0.15) is 5.25 Å². The molecule has 0 aromatic heterocycles. The predicted molar refractivity (Wildman–Crippen MR) is 105 cm³/mol. The van der Waals surface area contributed by atoms with Crippen LogP contribution in [0.15, 0.2) is 29.3 Å². The Labute approximate surface area is 162 Å². The number of fused-ring (bicyclic) bond motifs is 1. The van der Waals surface area contributed by atoms with Crippen LogP contribution in [0.3, 0.4) is 0 Å². The molecule has 1 fully saturated rings. The van der Waals surface area contributed by atoms with Crippen molar-refractivity contribution in [3.63, 3.8) is 0 Å². The van der Waals surface area contributed by atoms with Crippen LogP contribution in [0.1, 0.15) is 43.0 Å². The number of hydrogen-bond acceptors (Lipinski definition) is 6. The summed E-state index contributed by atoms with van der Waals surface area (Å²) in [6.45, 7) is 3.85. The number of nitrogens with zero attached hydrogens (tertiary/aromatic N) is 2. The molecule has 1 N–H and O–H groups in total. The van der Waals surface area contributed by atoms with Gasteiger partial charge in [0, 0.05) is 25.2 Å². The maximum Gasteiger partial charge on any atom is 0.338 e. The summed E-state index contributed by atoms with van der Waals surface area (Å²) in [5, 5.41) is 3.08. The summed E-state index contributed by atoms with van der Waals surface area (Å²) in [6.07, 6.45) is 2.76. The predicted octanol–water partition coefficient (Wildman–Crippen LogP) is 2.68. The fraction of sp³-hybridized carbons (Fsp3) is 0.474. The molecule has 0 saturated carbocycles. The van der Waals surface area contributed by atoms with Gasteiger partial charge in [0.25, 0.3) is 0 Å². The molecule has 7 nitrogen and oxygen atoms in total. The highest BCUT2D eigenvalue weighted by Crippen LogP contribution is 2.31. The quantitative estimate of drug-likeness (QED) is 0.572. The van der Waals surface area contributed by atoms with Crippen molar-refractivity contribution in [3.8, 4) is 0 Å². The molecule has 0 radical (unpaired) electrons. The minimum Gasteiger partial charge on any atom is -0.462 e. The molecule has 8 heteroatoms. The normalized spacial score (nSPS) is 18.7. The second kappa shape index (κ2) is 9.03. The molecule has 27 heavy (non-hydrogen) atoms. The van der Waals surface area contributed by atoms with Crippen molar-refractivity contribution in [2.24, 2.45) is 4.99 Å². The highest BCUT2D eigenvalue weighted by molar-refractivity contribution is 8.15. The van der Waals surface area contributed by atoms with E-state index >= 15 is 0 Å².